The maximum absolute atomic E-state index is 6.60. The quantitative estimate of drug-likeness (QED) is 0.244. The highest BCUT2D eigenvalue weighted by atomic mass is 35.5. The Bertz CT molecular complexity index is 1590. The van der Waals surface area contributed by atoms with Gasteiger partial charge in [-0.15, -0.1) is 0 Å². The van der Waals surface area contributed by atoms with Gasteiger partial charge in [-0.3, -0.25) is 0 Å². The lowest BCUT2D eigenvalue weighted by Crippen LogP contribution is -2.04. The van der Waals surface area contributed by atoms with Crippen LogP contribution in [0.25, 0.3) is 33.0 Å². The van der Waals surface area contributed by atoms with Crippen molar-refractivity contribution in [1.82, 2.24) is 0 Å². The molecule has 0 spiro atoms. The highest BCUT2D eigenvalue weighted by Gasteiger charge is 2.30. The molecule has 4 heteroatoms. The van der Waals surface area contributed by atoms with Crippen LogP contribution >= 0.6 is 23.2 Å². The van der Waals surface area contributed by atoms with E-state index < -0.39 is 0 Å². The molecule has 34 heavy (non-hydrogen) atoms. The minimum atomic E-state index is 0.688. The van der Waals surface area contributed by atoms with Crippen LogP contribution in [0.15, 0.2) is 84.9 Å². The first-order valence-corrected chi connectivity index (χ1v) is 11.8. The monoisotopic (exact) mass is 482 g/mol. The Morgan fingerprint density at radius 3 is 1.79 bits per heavy atom. The average molecular weight is 483 g/mol. The van der Waals surface area contributed by atoms with Gasteiger partial charge in [0.2, 0.25) is 0 Å². The third-order valence-electron chi connectivity index (χ3n) is 6.31. The van der Waals surface area contributed by atoms with Crippen molar-refractivity contribution in [3.05, 3.63) is 106 Å². The second kappa shape index (κ2) is 8.09. The van der Waals surface area contributed by atoms with E-state index in [1.807, 2.05) is 61.5 Å². The number of benzene rings is 5. The highest BCUT2D eigenvalue weighted by Crippen LogP contribution is 2.57. The Morgan fingerprint density at radius 1 is 0.588 bits per heavy atom. The summed E-state index contributed by atoms with van der Waals surface area (Å²) in [6, 6.07) is 28.1. The zero-order valence-electron chi connectivity index (χ0n) is 18.7. The van der Waals surface area contributed by atoms with Crippen LogP contribution in [0.3, 0.4) is 0 Å². The van der Waals surface area contributed by atoms with Crippen molar-refractivity contribution in [2.75, 3.05) is 0 Å². The Hall–Kier alpha value is -3.46. The van der Waals surface area contributed by atoms with Crippen molar-refractivity contribution < 1.29 is 9.47 Å². The van der Waals surface area contributed by atoms with Crippen LogP contribution in [-0.4, -0.2) is 0 Å². The lowest BCUT2D eigenvalue weighted by molar-refractivity contribution is 0.362. The Morgan fingerprint density at radius 2 is 1.15 bits per heavy atom. The molecule has 1 aliphatic rings. The molecule has 0 bridgehead atoms. The van der Waals surface area contributed by atoms with Gasteiger partial charge in [0.25, 0.3) is 0 Å². The summed E-state index contributed by atoms with van der Waals surface area (Å²) in [5, 5.41) is 3.60. The Kier molecular flexibility index (Phi) is 5.02. The summed E-state index contributed by atoms with van der Waals surface area (Å²) in [6.45, 7) is 4.10. The van der Waals surface area contributed by atoms with Crippen LogP contribution in [-0.2, 0) is 0 Å². The third-order valence-corrected chi connectivity index (χ3v) is 6.97. The first kappa shape index (κ1) is 21.1. The van der Waals surface area contributed by atoms with E-state index in [0.717, 1.165) is 49.2 Å². The molecule has 1 heterocycles. The van der Waals surface area contributed by atoms with Gasteiger partial charge in [-0.2, -0.15) is 0 Å². The SMILES string of the molecule is Cc1cc(-c2c3c(c(-c4ccc(Cl)cc4)c4ccccc24)Oc2ccccc2O3)c(C)cc1Cl. The summed E-state index contributed by atoms with van der Waals surface area (Å²) in [5.41, 5.74) is 6.14. The number of hydrogen-bond donors (Lipinski definition) is 0. The van der Waals surface area contributed by atoms with E-state index in [4.69, 9.17) is 32.7 Å². The molecule has 166 valence electrons. The minimum Gasteiger partial charge on any atom is -0.449 e. The van der Waals surface area contributed by atoms with Crippen LogP contribution < -0.4 is 9.47 Å². The predicted octanol–water partition coefficient (Wildman–Crippen LogP) is 10.00. The van der Waals surface area contributed by atoms with Crippen molar-refractivity contribution >= 4 is 34.0 Å². The zero-order chi connectivity index (χ0) is 23.4. The molecule has 0 amide bonds. The first-order valence-electron chi connectivity index (χ1n) is 11.1. The molecule has 0 fully saturated rings. The Balaban J connectivity index is 1.76. The number of aryl methyl sites for hydroxylation is 2. The van der Waals surface area contributed by atoms with Crippen molar-refractivity contribution in [3.63, 3.8) is 0 Å². The van der Waals surface area contributed by atoms with Crippen LogP contribution in [0, 0.1) is 13.8 Å². The number of fused-ring (bicyclic) bond motifs is 3. The average Bonchev–Trinajstić information content (AvgIpc) is 2.85. The summed E-state index contributed by atoms with van der Waals surface area (Å²) in [5.74, 6) is 2.78. The molecule has 0 aliphatic carbocycles. The summed E-state index contributed by atoms with van der Waals surface area (Å²) in [4.78, 5) is 0. The number of rotatable bonds is 2. The molecule has 0 unspecified atom stereocenters. The number of halogens is 2. The minimum absolute atomic E-state index is 0.688. The lowest BCUT2D eigenvalue weighted by atomic mass is 9.88. The van der Waals surface area contributed by atoms with E-state index in [9.17, 15) is 0 Å². The second-order valence-electron chi connectivity index (χ2n) is 8.53. The van der Waals surface area contributed by atoms with Crippen LogP contribution in [0.2, 0.25) is 10.0 Å². The van der Waals surface area contributed by atoms with Gasteiger partial charge in [-0.1, -0.05) is 71.7 Å². The largest absolute Gasteiger partial charge is 0.449 e. The molecule has 6 rings (SSSR count). The van der Waals surface area contributed by atoms with Crippen molar-refractivity contribution in [2.45, 2.75) is 13.8 Å². The maximum atomic E-state index is 6.60. The molecule has 0 radical (unpaired) electrons. The standard InChI is InChI=1S/C30H20Cl2O2/c1-17-16-24(32)18(2)15-23(17)28-22-8-4-3-7-21(22)27(19-11-13-20(31)14-12-19)29-30(28)34-26-10-6-5-9-25(26)33-29/h3-16H,1-2H3. The van der Waals surface area contributed by atoms with Gasteiger partial charge in [0.1, 0.15) is 0 Å². The summed E-state index contributed by atoms with van der Waals surface area (Å²) in [6.07, 6.45) is 0. The van der Waals surface area contributed by atoms with Crippen LogP contribution in [0.5, 0.6) is 23.0 Å². The van der Waals surface area contributed by atoms with E-state index in [1.54, 1.807) is 0 Å². The second-order valence-corrected chi connectivity index (χ2v) is 9.37. The van der Waals surface area contributed by atoms with Crippen molar-refractivity contribution in [3.8, 4) is 45.3 Å². The van der Waals surface area contributed by atoms with E-state index in [2.05, 4.69) is 37.3 Å². The van der Waals surface area contributed by atoms with E-state index in [-0.39, 0.29) is 0 Å². The number of para-hydroxylation sites is 2. The summed E-state index contributed by atoms with van der Waals surface area (Å²) >= 11 is 12.7. The lowest BCUT2D eigenvalue weighted by Gasteiger charge is -2.28. The molecule has 0 aromatic heterocycles. The van der Waals surface area contributed by atoms with Crippen molar-refractivity contribution in [2.24, 2.45) is 0 Å². The molecule has 0 atom stereocenters. The molecular formula is C30H20Cl2O2. The van der Waals surface area contributed by atoms with Gasteiger partial charge in [0, 0.05) is 21.2 Å². The third kappa shape index (κ3) is 3.34. The number of ether oxygens (including phenoxy) is 2. The molecule has 0 saturated carbocycles. The smallest absolute Gasteiger partial charge is 0.179 e. The van der Waals surface area contributed by atoms with Gasteiger partial charge < -0.3 is 9.47 Å². The molecule has 0 N–H and O–H groups in total. The van der Waals surface area contributed by atoms with Gasteiger partial charge in [0.15, 0.2) is 23.0 Å². The van der Waals surface area contributed by atoms with Crippen LogP contribution in [0.1, 0.15) is 11.1 Å². The fraction of sp³-hybridized carbons (Fsp3) is 0.0667. The summed E-state index contributed by atoms with van der Waals surface area (Å²) < 4.78 is 13.2. The van der Waals surface area contributed by atoms with E-state index >= 15 is 0 Å². The van der Waals surface area contributed by atoms with Gasteiger partial charge in [0.05, 0.1) is 0 Å². The van der Waals surface area contributed by atoms with Crippen molar-refractivity contribution in [1.29, 1.82) is 0 Å². The maximum Gasteiger partial charge on any atom is 0.179 e. The molecule has 5 aromatic rings. The molecule has 0 saturated heterocycles. The first-order chi connectivity index (χ1) is 16.5. The fourth-order valence-corrected chi connectivity index (χ4v) is 4.99. The van der Waals surface area contributed by atoms with Gasteiger partial charge in [-0.05, 0) is 83.3 Å². The zero-order valence-corrected chi connectivity index (χ0v) is 20.2. The number of hydrogen-bond acceptors (Lipinski definition) is 2. The van der Waals surface area contributed by atoms with E-state index in [1.165, 1.54) is 0 Å². The molecule has 5 aromatic carbocycles. The normalized spacial score (nSPS) is 12.0. The van der Waals surface area contributed by atoms with Gasteiger partial charge >= 0.3 is 0 Å². The summed E-state index contributed by atoms with van der Waals surface area (Å²) in [7, 11) is 0. The highest BCUT2D eigenvalue weighted by molar-refractivity contribution is 6.31. The Labute approximate surface area is 208 Å². The molecule has 2 nitrogen and oxygen atoms in total. The van der Waals surface area contributed by atoms with Gasteiger partial charge in [-0.25, -0.2) is 0 Å². The molecular weight excluding hydrogens is 463 g/mol. The predicted molar refractivity (Wildman–Crippen MR) is 141 cm³/mol. The van der Waals surface area contributed by atoms with Crippen LogP contribution in [0.4, 0.5) is 0 Å². The fourth-order valence-electron chi connectivity index (χ4n) is 4.65. The van der Waals surface area contributed by atoms with E-state index in [0.29, 0.717) is 28.0 Å². The molecule has 1 aliphatic heterocycles. The topological polar surface area (TPSA) is 18.5 Å².